The van der Waals surface area contributed by atoms with Crippen molar-refractivity contribution in [3.05, 3.63) is 47.8 Å². The zero-order valence-corrected chi connectivity index (χ0v) is 10.8. The van der Waals surface area contributed by atoms with E-state index < -0.39 is 0 Å². The Kier molecular flexibility index (Phi) is 3.99. The lowest BCUT2D eigenvalue weighted by atomic mass is 10.0. The molecule has 0 aliphatic heterocycles. The molecule has 1 aromatic carbocycles. The summed E-state index contributed by atoms with van der Waals surface area (Å²) in [4.78, 5) is 0. The van der Waals surface area contributed by atoms with E-state index in [1.165, 1.54) is 5.69 Å². The molecule has 0 spiro atoms. The van der Waals surface area contributed by atoms with E-state index in [9.17, 15) is 0 Å². The number of benzene rings is 1. The van der Waals surface area contributed by atoms with Gasteiger partial charge >= 0.3 is 0 Å². The fourth-order valence-electron chi connectivity index (χ4n) is 1.99. The van der Waals surface area contributed by atoms with Crippen molar-refractivity contribution in [3.8, 4) is 5.75 Å². The van der Waals surface area contributed by atoms with Gasteiger partial charge in [0.05, 0.1) is 7.11 Å². The van der Waals surface area contributed by atoms with E-state index in [4.69, 9.17) is 10.5 Å². The van der Waals surface area contributed by atoms with Crippen molar-refractivity contribution in [3.63, 3.8) is 0 Å². The second kappa shape index (κ2) is 5.69. The smallest absolute Gasteiger partial charge is 0.119 e. The molecule has 0 aliphatic carbocycles. The van der Waals surface area contributed by atoms with Crippen LogP contribution in [0.4, 0.5) is 0 Å². The lowest BCUT2D eigenvalue weighted by Crippen LogP contribution is -2.12. The van der Waals surface area contributed by atoms with Gasteiger partial charge in [-0.3, -0.25) is 4.68 Å². The topological polar surface area (TPSA) is 53.1 Å². The summed E-state index contributed by atoms with van der Waals surface area (Å²) in [7, 11) is 3.62. The number of nitrogens with two attached hydrogens (primary N) is 1. The largest absolute Gasteiger partial charge is 0.497 e. The van der Waals surface area contributed by atoms with E-state index in [1.54, 1.807) is 7.11 Å². The molecule has 4 nitrogen and oxygen atoms in total. The highest BCUT2D eigenvalue weighted by atomic mass is 16.5. The third-order valence-corrected chi connectivity index (χ3v) is 3.16. The lowest BCUT2D eigenvalue weighted by Gasteiger charge is -2.13. The summed E-state index contributed by atoms with van der Waals surface area (Å²) >= 11 is 0. The van der Waals surface area contributed by atoms with Gasteiger partial charge in [0.25, 0.3) is 0 Å². The molecular formula is C14H19N3O. The summed E-state index contributed by atoms with van der Waals surface area (Å²) in [6, 6.07) is 9.98. The van der Waals surface area contributed by atoms with Crippen LogP contribution in [0, 0.1) is 0 Å². The summed E-state index contributed by atoms with van der Waals surface area (Å²) in [5.41, 5.74) is 8.51. The van der Waals surface area contributed by atoms with Gasteiger partial charge in [0, 0.05) is 25.0 Å². The van der Waals surface area contributed by atoms with E-state index in [1.807, 2.05) is 48.3 Å². The first kappa shape index (κ1) is 12.6. The molecule has 2 rings (SSSR count). The maximum atomic E-state index is 6.20. The third-order valence-electron chi connectivity index (χ3n) is 3.16. The van der Waals surface area contributed by atoms with E-state index in [0.717, 1.165) is 24.2 Å². The highest BCUT2D eigenvalue weighted by molar-refractivity contribution is 5.30. The number of methoxy groups -OCH3 is 1. The van der Waals surface area contributed by atoms with Crippen molar-refractivity contribution < 1.29 is 4.74 Å². The van der Waals surface area contributed by atoms with Gasteiger partial charge < -0.3 is 10.5 Å². The zero-order valence-electron chi connectivity index (χ0n) is 10.8. The van der Waals surface area contributed by atoms with Crippen LogP contribution in [0.25, 0.3) is 0 Å². The average molecular weight is 245 g/mol. The Labute approximate surface area is 107 Å². The van der Waals surface area contributed by atoms with Crippen molar-refractivity contribution >= 4 is 0 Å². The lowest BCUT2D eigenvalue weighted by molar-refractivity contribution is 0.413. The summed E-state index contributed by atoms with van der Waals surface area (Å²) in [6.45, 7) is 0. The van der Waals surface area contributed by atoms with Crippen LogP contribution in [0.1, 0.15) is 23.7 Å². The molecule has 0 saturated carbocycles. The Morgan fingerprint density at radius 2 is 2.22 bits per heavy atom. The van der Waals surface area contributed by atoms with Crippen molar-refractivity contribution in [2.45, 2.75) is 18.9 Å². The zero-order chi connectivity index (χ0) is 13.0. The molecule has 96 valence electrons. The van der Waals surface area contributed by atoms with Crippen LogP contribution in [-0.4, -0.2) is 16.9 Å². The van der Waals surface area contributed by atoms with Gasteiger partial charge in [-0.2, -0.15) is 5.10 Å². The molecule has 0 saturated heterocycles. The van der Waals surface area contributed by atoms with Crippen LogP contribution in [0.5, 0.6) is 5.75 Å². The Bertz CT molecular complexity index is 507. The third kappa shape index (κ3) is 2.90. The summed E-state index contributed by atoms with van der Waals surface area (Å²) in [6.07, 6.45) is 3.63. The summed E-state index contributed by atoms with van der Waals surface area (Å²) in [5, 5.41) is 4.15. The molecule has 0 radical (unpaired) electrons. The number of aromatic nitrogens is 2. The van der Waals surface area contributed by atoms with Gasteiger partial charge in [-0.25, -0.2) is 0 Å². The molecule has 1 heterocycles. The van der Waals surface area contributed by atoms with Gasteiger partial charge in [0.15, 0.2) is 0 Å². The molecule has 0 bridgehead atoms. The fraction of sp³-hybridized carbons (Fsp3) is 0.357. The fourth-order valence-corrected chi connectivity index (χ4v) is 1.99. The molecule has 0 amide bonds. The van der Waals surface area contributed by atoms with Crippen molar-refractivity contribution in [1.29, 1.82) is 0 Å². The van der Waals surface area contributed by atoms with Crippen LogP contribution >= 0.6 is 0 Å². The highest BCUT2D eigenvalue weighted by Crippen LogP contribution is 2.21. The first-order valence-corrected chi connectivity index (χ1v) is 6.07. The number of hydrogen-bond acceptors (Lipinski definition) is 3. The first-order chi connectivity index (χ1) is 8.70. The number of nitrogens with zero attached hydrogens (tertiary/aromatic N) is 2. The second-order valence-corrected chi connectivity index (χ2v) is 4.37. The molecule has 1 atom stereocenters. The molecule has 0 aliphatic rings. The van der Waals surface area contributed by atoms with Gasteiger partial charge in [-0.05, 0) is 36.6 Å². The Balaban J connectivity index is 1.99. The van der Waals surface area contributed by atoms with Crippen LogP contribution in [-0.2, 0) is 13.5 Å². The molecule has 4 heteroatoms. The van der Waals surface area contributed by atoms with Crippen LogP contribution in [0.3, 0.4) is 0 Å². The second-order valence-electron chi connectivity index (χ2n) is 4.37. The molecule has 2 N–H and O–H groups in total. The van der Waals surface area contributed by atoms with Crippen molar-refractivity contribution in [2.75, 3.05) is 7.11 Å². The molecular weight excluding hydrogens is 226 g/mol. The Morgan fingerprint density at radius 1 is 1.39 bits per heavy atom. The molecule has 1 unspecified atom stereocenters. The van der Waals surface area contributed by atoms with E-state index >= 15 is 0 Å². The highest BCUT2D eigenvalue weighted by Gasteiger charge is 2.08. The standard InChI is InChI=1S/C14H19N3O/c1-17-12(8-9-16-17)6-7-14(15)11-4-3-5-13(10-11)18-2/h3-5,8-10,14H,6-7,15H2,1-2H3. The first-order valence-electron chi connectivity index (χ1n) is 6.07. The molecule has 2 aromatic rings. The van der Waals surface area contributed by atoms with Crippen LogP contribution in [0.15, 0.2) is 36.5 Å². The SMILES string of the molecule is COc1cccc(C(N)CCc2ccnn2C)c1. The number of aryl methyl sites for hydroxylation is 2. The van der Waals surface area contributed by atoms with E-state index in [0.29, 0.717) is 0 Å². The van der Waals surface area contributed by atoms with Gasteiger partial charge in [0.2, 0.25) is 0 Å². The minimum Gasteiger partial charge on any atom is -0.497 e. The van der Waals surface area contributed by atoms with Gasteiger partial charge in [-0.1, -0.05) is 12.1 Å². The predicted octanol–water partition coefficient (Wildman–Crippen LogP) is 2.06. The minimum atomic E-state index is 0.0231. The minimum absolute atomic E-state index is 0.0231. The normalized spacial score (nSPS) is 12.4. The van der Waals surface area contributed by atoms with Crippen LogP contribution in [0.2, 0.25) is 0 Å². The maximum Gasteiger partial charge on any atom is 0.119 e. The van der Waals surface area contributed by atoms with Gasteiger partial charge in [0.1, 0.15) is 5.75 Å². The summed E-state index contributed by atoms with van der Waals surface area (Å²) in [5.74, 6) is 0.850. The summed E-state index contributed by atoms with van der Waals surface area (Å²) < 4.78 is 7.09. The number of ether oxygens (including phenoxy) is 1. The van der Waals surface area contributed by atoms with E-state index in [-0.39, 0.29) is 6.04 Å². The maximum absolute atomic E-state index is 6.20. The number of hydrogen-bond donors (Lipinski definition) is 1. The van der Waals surface area contributed by atoms with Crippen molar-refractivity contribution in [1.82, 2.24) is 9.78 Å². The van der Waals surface area contributed by atoms with Crippen LogP contribution < -0.4 is 10.5 Å². The molecule has 0 fully saturated rings. The van der Waals surface area contributed by atoms with Crippen molar-refractivity contribution in [2.24, 2.45) is 12.8 Å². The Hall–Kier alpha value is -1.81. The quantitative estimate of drug-likeness (QED) is 0.877. The monoisotopic (exact) mass is 245 g/mol. The Morgan fingerprint density at radius 3 is 2.89 bits per heavy atom. The average Bonchev–Trinajstić information content (AvgIpc) is 2.81. The molecule has 18 heavy (non-hydrogen) atoms. The number of rotatable bonds is 5. The molecule has 1 aromatic heterocycles. The van der Waals surface area contributed by atoms with Gasteiger partial charge in [-0.15, -0.1) is 0 Å². The predicted molar refractivity (Wildman–Crippen MR) is 71.5 cm³/mol. The van der Waals surface area contributed by atoms with E-state index in [2.05, 4.69) is 5.10 Å².